The van der Waals surface area contributed by atoms with Crippen molar-refractivity contribution in [2.45, 2.75) is 44.0 Å². The lowest BCUT2D eigenvalue weighted by molar-refractivity contribution is 0.169. The second-order valence-corrected chi connectivity index (χ2v) is 8.96. The Morgan fingerprint density at radius 1 is 1.09 bits per heavy atom. The normalized spacial score (nSPS) is 19.3. The summed E-state index contributed by atoms with van der Waals surface area (Å²) in [4.78, 5) is 2.35. The Bertz CT molecular complexity index is 676. The number of nitrogens with zero attached hydrogens (tertiary/aromatic N) is 3. The second-order valence-electron chi connectivity index (χ2n) is 7.02. The first kappa shape index (κ1) is 17.9. The minimum atomic E-state index is -3.46. The van der Waals surface area contributed by atoms with Gasteiger partial charge in [0.05, 0.1) is 17.0 Å². The van der Waals surface area contributed by atoms with Gasteiger partial charge in [-0.3, -0.25) is 4.90 Å². The van der Waals surface area contributed by atoms with Crippen molar-refractivity contribution in [1.82, 2.24) is 9.21 Å². The molecule has 1 aromatic rings. The number of benzene rings is 1. The zero-order chi connectivity index (χ0) is 17.3. The average molecular weight is 335 g/mol. The highest BCUT2D eigenvalue weighted by Crippen LogP contribution is 2.25. The van der Waals surface area contributed by atoms with Crippen LogP contribution in [0.4, 0.5) is 0 Å². The van der Waals surface area contributed by atoms with E-state index < -0.39 is 10.0 Å². The van der Waals surface area contributed by atoms with E-state index in [1.165, 1.54) is 4.31 Å². The van der Waals surface area contributed by atoms with Gasteiger partial charge in [-0.25, -0.2) is 8.42 Å². The molecular weight excluding hydrogens is 310 g/mol. The molecule has 0 unspecified atom stereocenters. The maximum absolute atomic E-state index is 12.7. The molecule has 0 N–H and O–H groups in total. The summed E-state index contributed by atoms with van der Waals surface area (Å²) in [6, 6.07) is 9.19. The van der Waals surface area contributed by atoms with Crippen LogP contribution in [-0.4, -0.2) is 49.8 Å². The van der Waals surface area contributed by atoms with Crippen LogP contribution in [-0.2, 0) is 15.4 Å². The zero-order valence-corrected chi connectivity index (χ0v) is 15.1. The molecule has 1 saturated heterocycles. The standard InChI is InChI=1S/C17H25N3O2S/c1-14(13-18)19-9-11-20(12-10-19)23(21,22)16-7-5-15(6-8-16)17(2,3)4/h5-8,14H,9-12H2,1-4H3/t14-/m1/s1. The molecule has 0 radical (unpaired) electrons. The van der Waals surface area contributed by atoms with E-state index in [4.69, 9.17) is 5.26 Å². The fourth-order valence-corrected chi connectivity index (χ4v) is 4.11. The molecule has 0 bridgehead atoms. The Morgan fingerprint density at radius 3 is 2.04 bits per heavy atom. The predicted octanol–water partition coefficient (Wildman–Crippen LogP) is 2.20. The molecule has 2 rings (SSSR count). The summed E-state index contributed by atoms with van der Waals surface area (Å²) in [5, 5.41) is 8.96. The Hall–Kier alpha value is -1.42. The van der Waals surface area contributed by atoms with E-state index in [-0.39, 0.29) is 11.5 Å². The molecule has 126 valence electrons. The van der Waals surface area contributed by atoms with E-state index in [2.05, 4.69) is 26.8 Å². The van der Waals surface area contributed by atoms with Gasteiger partial charge in [-0.1, -0.05) is 32.9 Å². The molecule has 6 heteroatoms. The van der Waals surface area contributed by atoms with Crippen molar-refractivity contribution in [3.8, 4) is 6.07 Å². The highest BCUT2D eigenvalue weighted by molar-refractivity contribution is 7.89. The van der Waals surface area contributed by atoms with Crippen LogP contribution >= 0.6 is 0 Å². The van der Waals surface area contributed by atoms with Gasteiger partial charge >= 0.3 is 0 Å². The van der Waals surface area contributed by atoms with Crippen molar-refractivity contribution in [1.29, 1.82) is 5.26 Å². The van der Waals surface area contributed by atoms with E-state index in [0.717, 1.165) is 5.56 Å². The number of nitriles is 1. The zero-order valence-electron chi connectivity index (χ0n) is 14.3. The first-order chi connectivity index (χ1) is 10.7. The summed E-state index contributed by atoms with van der Waals surface area (Å²) >= 11 is 0. The van der Waals surface area contributed by atoms with Gasteiger partial charge in [0.2, 0.25) is 10.0 Å². The molecule has 0 amide bonds. The van der Waals surface area contributed by atoms with Gasteiger partial charge in [0.25, 0.3) is 0 Å². The van der Waals surface area contributed by atoms with Crippen LogP contribution in [0, 0.1) is 11.3 Å². The fraction of sp³-hybridized carbons (Fsp3) is 0.588. The van der Waals surface area contributed by atoms with E-state index in [9.17, 15) is 8.42 Å². The van der Waals surface area contributed by atoms with Crippen molar-refractivity contribution in [2.75, 3.05) is 26.2 Å². The smallest absolute Gasteiger partial charge is 0.243 e. The maximum atomic E-state index is 12.7. The minimum absolute atomic E-state index is 0.00134. The molecular formula is C17H25N3O2S. The van der Waals surface area contributed by atoms with E-state index in [1.807, 2.05) is 24.0 Å². The van der Waals surface area contributed by atoms with E-state index in [1.54, 1.807) is 12.1 Å². The third-order valence-corrected chi connectivity index (χ3v) is 6.28. The molecule has 23 heavy (non-hydrogen) atoms. The van der Waals surface area contributed by atoms with Crippen molar-refractivity contribution in [3.05, 3.63) is 29.8 Å². The summed E-state index contributed by atoms with van der Waals surface area (Å²) in [6.07, 6.45) is 0. The second kappa shape index (κ2) is 6.60. The minimum Gasteiger partial charge on any atom is -0.286 e. The van der Waals surface area contributed by atoms with E-state index >= 15 is 0 Å². The van der Waals surface area contributed by atoms with Crippen molar-refractivity contribution < 1.29 is 8.42 Å². The van der Waals surface area contributed by atoms with Gasteiger partial charge in [0.1, 0.15) is 0 Å². The lowest BCUT2D eigenvalue weighted by Gasteiger charge is -2.35. The molecule has 1 atom stereocenters. The Labute approximate surface area is 139 Å². The van der Waals surface area contributed by atoms with Gasteiger partial charge in [0.15, 0.2) is 0 Å². The Morgan fingerprint density at radius 2 is 1.61 bits per heavy atom. The van der Waals surface area contributed by atoms with Gasteiger partial charge in [0, 0.05) is 26.2 Å². The van der Waals surface area contributed by atoms with Crippen molar-refractivity contribution >= 4 is 10.0 Å². The highest BCUT2D eigenvalue weighted by atomic mass is 32.2. The summed E-state index contributed by atoms with van der Waals surface area (Å²) in [5.74, 6) is 0. The third-order valence-electron chi connectivity index (χ3n) is 4.37. The monoisotopic (exact) mass is 335 g/mol. The third kappa shape index (κ3) is 3.92. The molecule has 1 aliphatic heterocycles. The summed E-state index contributed by atoms with van der Waals surface area (Å²) in [5.41, 5.74) is 1.12. The number of hydrogen-bond acceptors (Lipinski definition) is 4. The van der Waals surface area contributed by atoms with Gasteiger partial charge < -0.3 is 0 Å². The topological polar surface area (TPSA) is 64.4 Å². The Balaban J connectivity index is 2.13. The fourth-order valence-electron chi connectivity index (χ4n) is 2.69. The molecule has 0 aromatic heterocycles. The SMILES string of the molecule is C[C@H](C#N)N1CCN(S(=O)(=O)c2ccc(C(C)(C)C)cc2)CC1. The summed E-state index contributed by atoms with van der Waals surface area (Å²) < 4.78 is 27.0. The lowest BCUT2D eigenvalue weighted by atomic mass is 9.87. The predicted molar refractivity (Wildman–Crippen MR) is 90.5 cm³/mol. The van der Waals surface area contributed by atoms with Crippen LogP contribution in [0.1, 0.15) is 33.3 Å². The van der Waals surface area contributed by atoms with Crippen LogP contribution in [0.15, 0.2) is 29.2 Å². The molecule has 1 heterocycles. The molecule has 1 aromatic carbocycles. The largest absolute Gasteiger partial charge is 0.286 e. The van der Waals surface area contributed by atoms with Crippen LogP contribution in [0.3, 0.4) is 0 Å². The van der Waals surface area contributed by atoms with Crippen molar-refractivity contribution in [3.63, 3.8) is 0 Å². The first-order valence-corrected chi connectivity index (χ1v) is 9.34. The highest BCUT2D eigenvalue weighted by Gasteiger charge is 2.30. The summed E-state index contributed by atoms with van der Waals surface area (Å²) in [6.45, 7) is 10.2. The molecule has 5 nitrogen and oxygen atoms in total. The van der Waals surface area contributed by atoms with Crippen molar-refractivity contribution in [2.24, 2.45) is 0 Å². The van der Waals surface area contributed by atoms with Crippen LogP contribution in [0.5, 0.6) is 0 Å². The van der Waals surface area contributed by atoms with E-state index in [0.29, 0.717) is 31.1 Å². The molecule has 0 saturated carbocycles. The average Bonchev–Trinajstić information content (AvgIpc) is 2.53. The molecule has 1 fully saturated rings. The maximum Gasteiger partial charge on any atom is 0.243 e. The quantitative estimate of drug-likeness (QED) is 0.849. The van der Waals surface area contributed by atoms with Crippen LogP contribution in [0.2, 0.25) is 0 Å². The number of piperazine rings is 1. The van der Waals surface area contributed by atoms with Gasteiger partial charge in [-0.15, -0.1) is 0 Å². The molecule has 0 spiro atoms. The molecule has 1 aliphatic rings. The summed E-state index contributed by atoms with van der Waals surface area (Å²) in [7, 11) is -3.46. The van der Waals surface area contributed by atoms with Crippen LogP contribution in [0.25, 0.3) is 0 Å². The lowest BCUT2D eigenvalue weighted by Crippen LogP contribution is -2.50. The van der Waals surface area contributed by atoms with Gasteiger partial charge in [-0.2, -0.15) is 9.57 Å². The van der Waals surface area contributed by atoms with Crippen LogP contribution < -0.4 is 0 Å². The number of sulfonamides is 1. The molecule has 0 aliphatic carbocycles. The number of hydrogen-bond donors (Lipinski definition) is 0. The number of rotatable bonds is 3. The van der Waals surface area contributed by atoms with Gasteiger partial charge in [-0.05, 0) is 30.0 Å². The Kier molecular flexibility index (Phi) is 5.14. The first-order valence-electron chi connectivity index (χ1n) is 7.90.